The Labute approximate surface area is 153 Å². The van der Waals surface area contributed by atoms with Gasteiger partial charge in [-0.3, -0.25) is 9.59 Å². The van der Waals surface area contributed by atoms with Gasteiger partial charge >= 0.3 is 6.01 Å². The summed E-state index contributed by atoms with van der Waals surface area (Å²) in [6.07, 6.45) is 7.97. The molecule has 26 heavy (non-hydrogen) atoms. The SMILES string of the molecule is O=C1CC(COc2ncccn2)CN1CC1CCN(C(=O)C2CC2)CC1. The number of hydrogen-bond donors (Lipinski definition) is 0. The fraction of sp³-hybridized carbons (Fsp3) is 0.684. The van der Waals surface area contributed by atoms with Gasteiger partial charge in [0.05, 0.1) is 6.61 Å². The molecule has 3 fully saturated rings. The third kappa shape index (κ3) is 4.14. The Balaban J connectivity index is 1.20. The molecular formula is C19H26N4O3. The summed E-state index contributed by atoms with van der Waals surface area (Å²) in [6, 6.07) is 2.11. The molecule has 3 heterocycles. The molecule has 0 bridgehead atoms. The molecule has 2 amide bonds. The van der Waals surface area contributed by atoms with E-state index in [1.54, 1.807) is 18.5 Å². The van der Waals surface area contributed by atoms with Gasteiger partial charge in [-0.05, 0) is 37.7 Å². The van der Waals surface area contributed by atoms with Crippen LogP contribution >= 0.6 is 0 Å². The summed E-state index contributed by atoms with van der Waals surface area (Å²) in [6.45, 7) is 3.72. The topological polar surface area (TPSA) is 75.6 Å². The first-order valence-electron chi connectivity index (χ1n) is 9.65. The predicted molar refractivity (Wildman–Crippen MR) is 94.2 cm³/mol. The highest BCUT2D eigenvalue weighted by atomic mass is 16.5. The Hall–Kier alpha value is -2.18. The van der Waals surface area contributed by atoms with Crippen LogP contribution in [-0.2, 0) is 9.59 Å². The summed E-state index contributed by atoms with van der Waals surface area (Å²) in [5.74, 6) is 1.56. The van der Waals surface area contributed by atoms with Crippen LogP contribution in [0.25, 0.3) is 0 Å². The van der Waals surface area contributed by atoms with Gasteiger partial charge in [-0.15, -0.1) is 0 Å². The van der Waals surface area contributed by atoms with E-state index in [1.807, 2.05) is 9.80 Å². The van der Waals surface area contributed by atoms with Crippen molar-refractivity contribution < 1.29 is 14.3 Å². The second-order valence-corrected chi connectivity index (χ2v) is 7.75. The molecule has 1 aromatic rings. The monoisotopic (exact) mass is 358 g/mol. The van der Waals surface area contributed by atoms with E-state index in [2.05, 4.69) is 9.97 Å². The smallest absolute Gasteiger partial charge is 0.316 e. The van der Waals surface area contributed by atoms with Crippen molar-refractivity contribution in [3.63, 3.8) is 0 Å². The molecule has 1 aliphatic carbocycles. The molecule has 140 valence electrons. The number of hydrogen-bond acceptors (Lipinski definition) is 5. The van der Waals surface area contributed by atoms with Gasteiger partial charge in [0.25, 0.3) is 0 Å². The van der Waals surface area contributed by atoms with Gasteiger partial charge in [0.15, 0.2) is 0 Å². The zero-order valence-corrected chi connectivity index (χ0v) is 15.0. The minimum Gasteiger partial charge on any atom is -0.463 e. The minimum atomic E-state index is 0.197. The number of piperidine rings is 1. The Bertz CT molecular complexity index is 641. The zero-order valence-electron chi connectivity index (χ0n) is 15.0. The average Bonchev–Trinajstić information content (AvgIpc) is 3.46. The number of aromatic nitrogens is 2. The first-order chi connectivity index (χ1) is 12.7. The highest BCUT2D eigenvalue weighted by molar-refractivity contribution is 5.81. The normalized spacial score (nSPS) is 24.2. The van der Waals surface area contributed by atoms with Gasteiger partial charge in [-0.25, -0.2) is 9.97 Å². The van der Waals surface area contributed by atoms with Crippen LogP contribution in [0.5, 0.6) is 6.01 Å². The summed E-state index contributed by atoms with van der Waals surface area (Å²) in [5, 5.41) is 0. The Morgan fingerprint density at radius 1 is 1.12 bits per heavy atom. The molecule has 7 heteroatoms. The molecule has 7 nitrogen and oxygen atoms in total. The Morgan fingerprint density at radius 3 is 2.54 bits per heavy atom. The van der Waals surface area contributed by atoms with E-state index < -0.39 is 0 Å². The van der Waals surface area contributed by atoms with Crippen molar-refractivity contribution in [3.05, 3.63) is 18.5 Å². The van der Waals surface area contributed by atoms with Gasteiger partial charge in [-0.2, -0.15) is 0 Å². The third-order valence-electron chi connectivity index (χ3n) is 5.62. The number of rotatable bonds is 6. The summed E-state index contributed by atoms with van der Waals surface area (Å²) in [7, 11) is 0. The van der Waals surface area contributed by atoms with Gasteiger partial charge in [-0.1, -0.05) is 0 Å². The lowest BCUT2D eigenvalue weighted by Crippen LogP contribution is -2.42. The van der Waals surface area contributed by atoms with Crippen molar-refractivity contribution in [2.24, 2.45) is 17.8 Å². The van der Waals surface area contributed by atoms with Crippen LogP contribution in [0, 0.1) is 17.8 Å². The van der Waals surface area contributed by atoms with Crippen molar-refractivity contribution in [2.45, 2.75) is 32.1 Å². The van der Waals surface area contributed by atoms with Crippen LogP contribution in [0.2, 0.25) is 0 Å². The van der Waals surface area contributed by atoms with Crippen LogP contribution in [0.1, 0.15) is 32.1 Å². The summed E-state index contributed by atoms with van der Waals surface area (Å²) >= 11 is 0. The maximum Gasteiger partial charge on any atom is 0.316 e. The van der Waals surface area contributed by atoms with Crippen LogP contribution in [0.15, 0.2) is 18.5 Å². The van der Waals surface area contributed by atoms with E-state index in [0.29, 0.717) is 36.8 Å². The second-order valence-electron chi connectivity index (χ2n) is 7.75. The quantitative estimate of drug-likeness (QED) is 0.767. The molecule has 1 aromatic heterocycles. The van der Waals surface area contributed by atoms with Crippen LogP contribution in [0.4, 0.5) is 0 Å². The van der Waals surface area contributed by atoms with Crippen LogP contribution < -0.4 is 4.74 Å². The molecule has 0 aromatic carbocycles. The molecule has 1 saturated carbocycles. The average molecular weight is 358 g/mol. The fourth-order valence-electron chi connectivity index (χ4n) is 3.93. The van der Waals surface area contributed by atoms with Crippen molar-refractivity contribution in [3.8, 4) is 6.01 Å². The number of ether oxygens (including phenoxy) is 1. The van der Waals surface area contributed by atoms with E-state index in [-0.39, 0.29) is 11.8 Å². The van der Waals surface area contributed by atoms with E-state index in [1.165, 1.54) is 0 Å². The number of carbonyl (C=O) groups excluding carboxylic acids is 2. The molecular weight excluding hydrogens is 332 g/mol. The van der Waals surface area contributed by atoms with Gasteiger partial charge in [0.2, 0.25) is 11.8 Å². The molecule has 1 atom stereocenters. The van der Waals surface area contributed by atoms with E-state index in [4.69, 9.17) is 4.74 Å². The maximum atomic E-state index is 12.3. The van der Waals surface area contributed by atoms with Crippen molar-refractivity contribution in [1.82, 2.24) is 19.8 Å². The van der Waals surface area contributed by atoms with Crippen molar-refractivity contribution in [2.75, 3.05) is 32.8 Å². The lowest BCUT2D eigenvalue weighted by Gasteiger charge is -2.34. The molecule has 3 aliphatic rings. The second kappa shape index (κ2) is 7.60. The number of likely N-dealkylation sites (tertiary alicyclic amines) is 2. The lowest BCUT2D eigenvalue weighted by molar-refractivity contribution is -0.135. The Kier molecular flexibility index (Phi) is 5.04. The van der Waals surface area contributed by atoms with Gasteiger partial charge in [0.1, 0.15) is 0 Å². The third-order valence-corrected chi connectivity index (χ3v) is 5.62. The molecule has 0 N–H and O–H groups in total. The number of carbonyl (C=O) groups is 2. The van der Waals surface area contributed by atoms with Gasteiger partial charge in [0, 0.05) is 56.8 Å². The highest BCUT2D eigenvalue weighted by Gasteiger charge is 2.36. The standard InChI is InChI=1S/C19H26N4O3/c24-17-10-15(13-26-19-20-6-1-7-21-19)12-23(17)11-14-4-8-22(9-5-14)18(25)16-2-3-16/h1,6-7,14-16H,2-5,8-13H2. The first-order valence-corrected chi connectivity index (χ1v) is 9.65. The summed E-state index contributed by atoms with van der Waals surface area (Å²) in [5.41, 5.74) is 0. The minimum absolute atomic E-state index is 0.197. The predicted octanol–water partition coefficient (Wildman–Crippen LogP) is 1.35. The van der Waals surface area contributed by atoms with Crippen LogP contribution in [0.3, 0.4) is 0 Å². The lowest BCUT2D eigenvalue weighted by atomic mass is 9.96. The van der Waals surface area contributed by atoms with E-state index in [9.17, 15) is 9.59 Å². The Morgan fingerprint density at radius 2 is 1.85 bits per heavy atom. The molecule has 1 unspecified atom stereocenters. The van der Waals surface area contributed by atoms with E-state index >= 15 is 0 Å². The van der Waals surface area contributed by atoms with E-state index in [0.717, 1.165) is 51.9 Å². The maximum absolute atomic E-state index is 12.3. The number of nitrogens with zero attached hydrogens (tertiary/aromatic N) is 4. The molecule has 2 saturated heterocycles. The molecule has 0 spiro atoms. The zero-order chi connectivity index (χ0) is 17.9. The van der Waals surface area contributed by atoms with Gasteiger partial charge < -0.3 is 14.5 Å². The summed E-state index contributed by atoms with van der Waals surface area (Å²) < 4.78 is 5.60. The van der Waals surface area contributed by atoms with Crippen LogP contribution in [-0.4, -0.2) is 64.4 Å². The molecule has 0 radical (unpaired) electrons. The van der Waals surface area contributed by atoms with Crippen molar-refractivity contribution >= 4 is 11.8 Å². The largest absolute Gasteiger partial charge is 0.463 e. The highest BCUT2D eigenvalue weighted by Crippen LogP contribution is 2.32. The van der Waals surface area contributed by atoms with Crippen molar-refractivity contribution in [1.29, 1.82) is 0 Å². The molecule has 4 rings (SSSR count). The number of amides is 2. The fourth-order valence-corrected chi connectivity index (χ4v) is 3.93. The summed E-state index contributed by atoms with van der Waals surface area (Å²) in [4.78, 5) is 36.5. The molecule has 2 aliphatic heterocycles. The first kappa shape index (κ1) is 17.2.